The molecule has 3 rings (SSSR count). The van der Waals surface area contributed by atoms with Gasteiger partial charge in [0.25, 0.3) is 0 Å². The lowest BCUT2D eigenvalue weighted by Gasteiger charge is -2.10. The number of halogens is 1. The van der Waals surface area contributed by atoms with E-state index in [9.17, 15) is 9.18 Å². The molecule has 1 N–H and O–H groups in total. The Bertz CT molecular complexity index is 827. The maximum absolute atomic E-state index is 13.6. The van der Waals surface area contributed by atoms with Crippen LogP contribution in [0.1, 0.15) is 10.4 Å². The molecule has 1 heterocycles. The van der Waals surface area contributed by atoms with Gasteiger partial charge in [-0.15, -0.1) is 0 Å². The Morgan fingerprint density at radius 1 is 1.10 bits per heavy atom. The van der Waals surface area contributed by atoms with Crippen LogP contribution in [0.3, 0.4) is 0 Å². The van der Waals surface area contributed by atoms with Crippen LogP contribution in [0.2, 0.25) is 0 Å². The maximum Gasteiger partial charge on any atom is 0.342 e. The van der Waals surface area contributed by atoms with Crippen molar-refractivity contribution in [1.29, 1.82) is 0 Å². The summed E-state index contributed by atoms with van der Waals surface area (Å²) in [6, 6.07) is 13.1. The lowest BCUT2D eigenvalue weighted by molar-refractivity contribution is 0.0689. The lowest BCUT2D eigenvalue weighted by atomic mass is 10.1. The number of nitrogens with zero attached hydrogens (tertiary/aromatic N) is 1. The fraction of sp³-hybridized carbons (Fsp3) is 0. The number of carboxylic acid groups (broad SMARTS) is 1. The number of pyridine rings is 1. The van der Waals surface area contributed by atoms with Crippen LogP contribution in [0.5, 0.6) is 11.6 Å². The minimum atomic E-state index is -1.39. The van der Waals surface area contributed by atoms with Crippen molar-refractivity contribution < 1.29 is 19.0 Å². The topological polar surface area (TPSA) is 59.4 Å². The Morgan fingerprint density at radius 2 is 1.90 bits per heavy atom. The first-order chi connectivity index (χ1) is 10.2. The molecule has 4 nitrogen and oxygen atoms in total. The van der Waals surface area contributed by atoms with Crippen molar-refractivity contribution in [2.45, 2.75) is 0 Å². The van der Waals surface area contributed by atoms with E-state index in [1.54, 1.807) is 12.3 Å². The molecule has 3 aromatic rings. The molecule has 1 aromatic heterocycles. The molecular weight excluding hydrogens is 273 g/mol. The molecule has 0 bridgehead atoms. The number of aromatic carboxylic acids is 1. The summed E-state index contributed by atoms with van der Waals surface area (Å²) in [5.74, 6) is -2.07. The minimum absolute atomic E-state index is 0.0775. The molecule has 0 amide bonds. The fourth-order valence-electron chi connectivity index (χ4n) is 2.07. The molecule has 0 radical (unpaired) electrons. The highest BCUT2D eigenvalue weighted by atomic mass is 19.1. The third-order valence-electron chi connectivity index (χ3n) is 3.03. The zero-order chi connectivity index (χ0) is 14.8. The standard InChI is InChI=1S/C16H10FNO3/c17-12-6-3-7-13(14(12)16(19)20)21-15-11-5-2-1-4-10(11)8-9-18-15/h1-9H,(H,19,20). The summed E-state index contributed by atoms with van der Waals surface area (Å²) >= 11 is 0. The predicted molar refractivity (Wildman–Crippen MR) is 75.2 cm³/mol. The Hall–Kier alpha value is -2.95. The first-order valence-corrected chi connectivity index (χ1v) is 6.20. The Balaban J connectivity index is 2.12. The highest BCUT2D eigenvalue weighted by molar-refractivity contribution is 5.92. The molecule has 0 aliphatic rings. The number of aromatic nitrogens is 1. The third-order valence-corrected chi connectivity index (χ3v) is 3.03. The molecule has 5 heteroatoms. The number of ether oxygens (including phenoxy) is 1. The van der Waals surface area contributed by atoms with Crippen molar-refractivity contribution in [3.63, 3.8) is 0 Å². The smallest absolute Gasteiger partial charge is 0.342 e. The highest BCUT2D eigenvalue weighted by Gasteiger charge is 2.18. The van der Waals surface area contributed by atoms with Crippen LogP contribution in [0.25, 0.3) is 10.8 Å². The van der Waals surface area contributed by atoms with Gasteiger partial charge in [0, 0.05) is 11.6 Å². The number of rotatable bonds is 3. The van der Waals surface area contributed by atoms with E-state index in [2.05, 4.69) is 4.98 Å². The van der Waals surface area contributed by atoms with Gasteiger partial charge >= 0.3 is 5.97 Å². The van der Waals surface area contributed by atoms with Crippen molar-refractivity contribution in [3.8, 4) is 11.6 Å². The average Bonchev–Trinajstić information content (AvgIpc) is 2.47. The van der Waals surface area contributed by atoms with Gasteiger partial charge in [0.1, 0.15) is 17.1 Å². The molecule has 2 aromatic carbocycles. The van der Waals surface area contributed by atoms with E-state index in [0.29, 0.717) is 0 Å². The molecule has 0 unspecified atom stereocenters. The number of carboxylic acids is 1. The lowest BCUT2D eigenvalue weighted by Crippen LogP contribution is -2.04. The summed E-state index contributed by atoms with van der Waals surface area (Å²) in [7, 11) is 0. The molecule has 0 saturated heterocycles. The van der Waals surface area contributed by atoms with Crippen molar-refractivity contribution in [3.05, 3.63) is 66.1 Å². The summed E-state index contributed by atoms with van der Waals surface area (Å²) < 4.78 is 19.2. The van der Waals surface area contributed by atoms with Gasteiger partial charge in [-0.2, -0.15) is 0 Å². The normalized spacial score (nSPS) is 10.5. The van der Waals surface area contributed by atoms with Gasteiger partial charge in [0.15, 0.2) is 0 Å². The molecule has 0 aliphatic carbocycles. The van der Waals surface area contributed by atoms with Gasteiger partial charge in [-0.05, 0) is 29.7 Å². The van der Waals surface area contributed by atoms with Crippen LogP contribution in [-0.4, -0.2) is 16.1 Å². The summed E-state index contributed by atoms with van der Waals surface area (Å²) in [4.78, 5) is 15.3. The minimum Gasteiger partial charge on any atom is -0.477 e. The SMILES string of the molecule is O=C(O)c1c(F)cccc1Oc1nccc2ccccc12. The summed E-state index contributed by atoms with van der Waals surface area (Å²) in [5.41, 5.74) is -0.507. The number of fused-ring (bicyclic) bond motifs is 1. The van der Waals surface area contributed by atoms with Gasteiger partial charge in [-0.25, -0.2) is 14.2 Å². The quantitative estimate of drug-likeness (QED) is 0.792. The van der Waals surface area contributed by atoms with Crippen LogP contribution >= 0.6 is 0 Å². The third kappa shape index (κ3) is 2.41. The Morgan fingerprint density at radius 3 is 2.71 bits per heavy atom. The molecule has 0 saturated carbocycles. The molecule has 0 atom stereocenters. The maximum atomic E-state index is 13.6. The van der Waals surface area contributed by atoms with Gasteiger partial charge in [-0.1, -0.05) is 24.3 Å². The number of carbonyl (C=O) groups is 1. The van der Waals surface area contributed by atoms with E-state index in [1.165, 1.54) is 12.1 Å². The Kier molecular flexibility index (Phi) is 3.23. The zero-order valence-corrected chi connectivity index (χ0v) is 10.8. The van der Waals surface area contributed by atoms with Crippen LogP contribution < -0.4 is 4.74 Å². The second-order valence-corrected chi connectivity index (χ2v) is 4.36. The molecule has 0 spiro atoms. The van der Waals surface area contributed by atoms with Crippen LogP contribution in [0.15, 0.2) is 54.7 Å². The number of hydrogen-bond acceptors (Lipinski definition) is 3. The van der Waals surface area contributed by atoms with Crippen molar-refractivity contribution in [2.75, 3.05) is 0 Å². The first-order valence-electron chi connectivity index (χ1n) is 6.20. The average molecular weight is 283 g/mol. The fourth-order valence-corrected chi connectivity index (χ4v) is 2.07. The van der Waals surface area contributed by atoms with E-state index in [0.717, 1.165) is 16.8 Å². The van der Waals surface area contributed by atoms with E-state index in [4.69, 9.17) is 9.84 Å². The summed E-state index contributed by atoms with van der Waals surface area (Å²) in [6.45, 7) is 0. The van der Waals surface area contributed by atoms with E-state index in [1.807, 2.05) is 24.3 Å². The monoisotopic (exact) mass is 283 g/mol. The highest BCUT2D eigenvalue weighted by Crippen LogP contribution is 2.30. The first kappa shape index (κ1) is 13.1. The van der Waals surface area contributed by atoms with Gasteiger partial charge < -0.3 is 9.84 Å². The van der Waals surface area contributed by atoms with E-state index >= 15 is 0 Å². The van der Waals surface area contributed by atoms with Crippen LogP contribution in [0, 0.1) is 5.82 Å². The van der Waals surface area contributed by atoms with Crippen LogP contribution in [-0.2, 0) is 0 Å². The number of hydrogen-bond donors (Lipinski definition) is 1. The largest absolute Gasteiger partial charge is 0.477 e. The van der Waals surface area contributed by atoms with Crippen molar-refractivity contribution >= 4 is 16.7 Å². The molecular formula is C16H10FNO3. The van der Waals surface area contributed by atoms with Gasteiger partial charge in [0.2, 0.25) is 5.88 Å². The van der Waals surface area contributed by atoms with E-state index in [-0.39, 0.29) is 11.6 Å². The van der Waals surface area contributed by atoms with Gasteiger partial charge in [0.05, 0.1) is 0 Å². The summed E-state index contributed by atoms with van der Waals surface area (Å²) in [5, 5.41) is 10.7. The summed E-state index contributed by atoms with van der Waals surface area (Å²) in [6.07, 6.45) is 1.55. The van der Waals surface area contributed by atoms with E-state index < -0.39 is 17.3 Å². The van der Waals surface area contributed by atoms with Crippen molar-refractivity contribution in [1.82, 2.24) is 4.98 Å². The predicted octanol–water partition coefficient (Wildman–Crippen LogP) is 3.86. The van der Waals surface area contributed by atoms with Crippen LogP contribution in [0.4, 0.5) is 4.39 Å². The second kappa shape index (κ2) is 5.20. The molecule has 104 valence electrons. The molecule has 0 aliphatic heterocycles. The molecule has 0 fully saturated rings. The number of benzene rings is 2. The molecule has 21 heavy (non-hydrogen) atoms. The second-order valence-electron chi connectivity index (χ2n) is 4.36. The Labute approximate surface area is 119 Å². The van der Waals surface area contributed by atoms with Gasteiger partial charge in [-0.3, -0.25) is 0 Å². The van der Waals surface area contributed by atoms with Crippen molar-refractivity contribution in [2.24, 2.45) is 0 Å². The zero-order valence-electron chi connectivity index (χ0n) is 10.8.